The average Bonchev–Trinajstić information content (AvgIpc) is 2.39. The third-order valence-corrected chi connectivity index (χ3v) is 3.86. The molecule has 18 heavy (non-hydrogen) atoms. The van der Waals surface area contributed by atoms with Crippen molar-refractivity contribution in [2.24, 2.45) is 0 Å². The Morgan fingerprint density at radius 3 is 2.83 bits per heavy atom. The van der Waals surface area contributed by atoms with Crippen LogP contribution in [-0.2, 0) is 0 Å². The van der Waals surface area contributed by atoms with Gasteiger partial charge in [0.15, 0.2) is 0 Å². The number of piperazine rings is 1. The first kappa shape index (κ1) is 12.9. The largest absolute Gasteiger partial charge is 0.368 e. The lowest BCUT2D eigenvalue weighted by atomic mass is 10.1. The molecular weight excluding hydrogens is 222 g/mol. The first-order chi connectivity index (χ1) is 8.65. The maximum atomic E-state index is 9.23. The summed E-state index contributed by atoms with van der Waals surface area (Å²) in [7, 11) is 2.19. The van der Waals surface area contributed by atoms with Crippen molar-refractivity contribution < 1.29 is 0 Å². The molecule has 96 valence electrons. The summed E-state index contributed by atoms with van der Waals surface area (Å²) >= 11 is 0. The number of aryl methyl sites for hydroxylation is 1. The minimum absolute atomic E-state index is 0.589. The van der Waals surface area contributed by atoms with E-state index in [9.17, 15) is 5.26 Å². The quantitative estimate of drug-likeness (QED) is 0.799. The topological polar surface area (TPSA) is 30.3 Å². The van der Waals surface area contributed by atoms with Gasteiger partial charge in [-0.25, -0.2) is 0 Å². The molecular formula is C15H21N3. The van der Waals surface area contributed by atoms with Gasteiger partial charge in [0.25, 0.3) is 0 Å². The lowest BCUT2D eigenvalue weighted by Crippen LogP contribution is -2.51. The molecule has 0 aliphatic carbocycles. The molecule has 1 fully saturated rings. The first-order valence-electron chi connectivity index (χ1n) is 6.61. The summed E-state index contributed by atoms with van der Waals surface area (Å²) in [5.41, 5.74) is 3.11. The second-order valence-corrected chi connectivity index (χ2v) is 5.12. The zero-order chi connectivity index (χ0) is 13.1. The van der Waals surface area contributed by atoms with Gasteiger partial charge >= 0.3 is 0 Å². The molecule has 0 amide bonds. The molecule has 3 nitrogen and oxygen atoms in total. The van der Waals surface area contributed by atoms with Crippen LogP contribution in [0.3, 0.4) is 0 Å². The molecule has 1 aliphatic rings. The van der Waals surface area contributed by atoms with Crippen LogP contribution >= 0.6 is 0 Å². The highest BCUT2D eigenvalue weighted by Gasteiger charge is 2.24. The van der Waals surface area contributed by atoms with Crippen molar-refractivity contribution in [3.05, 3.63) is 29.3 Å². The van der Waals surface area contributed by atoms with Crippen LogP contribution in [0.5, 0.6) is 0 Å². The highest BCUT2D eigenvalue weighted by Crippen LogP contribution is 2.24. The summed E-state index contributed by atoms with van der Waals surface area (Å²) in [4.78, 5) is 4.78. The normalized spacial score (nSPS) is 20.8. The van der Waals surface area contributed by atoms with Gasteiger partial charge in [0, 0.05) is 25.7 Å². The number of nitriles is 1. The van der Waals surface area contributed by atoms with Gasteiger partial charge in [0.05, 0.1) is 11.3 Å². The predicted octanol–water partition coefficient (Wildman–Crippen LogP) is 2.40. The maximum absolute atomic E-state index is 9.23. The Kier molecular flexibility index (Phi) is 3.88. The van der Waals surface area contributed by atoms with Crippen LogP contribution in [0.2, 0.25) is 0 Å². The number of likely N-dealkylation sites (N-methyl/N-ethyl adjacent to an activating group) is 1. The molecule has 0 aromatic heterocycles. The van der Waals surface area contributed by atoms with E-state index in [1.165, 1.54) is 5.56 Å². The van der Waals surface area contributed by atoms with E-state index in [1.807, 2.05) is 12.1 Å². The Balaban J connectivity index is 2.27. The van der Waals surface area contributed by atoms with Gasteiger partial charge in [0.2, 0.25) is 0 Å². The van der Waals surface area contributed by atoms with Crippen molar-refractivity contribution in [3.63, 3.8) is 0 Å². The van der Waals surface area contributed by atoms with Gasteiger partial charge in [0.1, 0.15) is 6.07 Å². The van der Waals surface area contributed by atoms with Crippen LogP contribution in [0.4, 0.5) is 5.69 Å². The first-order valence-corrected chi connectivity index (χ1v) is 6.61. The Bertz CT molecular complexity index is 461. The summed E-state index contributed by atoms with van der Waals surface area (Å²) < 4.78 is 0. The summed E-state index contributed by atoms with van der Waals surface area (Å²) in [5, 5.41) is 9.23. The third kappa shape index (κ3) is 2.49. The van der Waals surface area contributed by atoms with E-state index in [0.29, 0.717) is 6.04 Å². The van der Waals surface area contributed by atoms with Crippen LogP contribution in [0, 0.1) is 18.3 Å². The second-order valence-electron chi connectivity index (χ2n) is 5.12. The Hall–Kier alpha value is -1.53. The molecule has 1 aliphatic heterocycles. The monoisotopic (exact) mass is 243 g/mol. The molecule has 1 aromatic carbocycles. The molecule has 0 radical (unpaired) electrons. The predicted molar refractivity (Wildman–Crippen MR) is 74.8 cm³/mol. The summed E-state index contributed by atoms with van der Waals surface area (Å²) in [5.74, 6) is 0. The Labute approximate surface area is 110 Å². The van der Waals surface area contributed by atoms with Gasteiger partial charge in [-0.3, -0.25) is 4.90 Å². The molecule has 3 heteroatoms. The molecule has 2 rings (SSSR count). The van der Waals surface area contributed by atoms with Crippen molar-refractivity contribution in [1.82, 2.24) is 4.90 Å². The SMILES string of the molecule is CCC1CN(c2cc(C)ccc2C#N)CCN1C. The average molecular weight is 243 g/mol. The summed E-state index contributed by atoms with van der Waals surface area (Å²) in [6, 6.07) is 8.98. The van der Waals surface area contributed by atoms with Crippen LogP contribution in [-0.4, -0.2) is 37.6 Å². The molecule has 1 aromatic rings. The fourth-order valence-electron chi connectivity index (χ4n) is 2.60. The fourth-order valence-corrected chi connectivity index (χ4v) is 2.60. The minimum Gasteiger partial charge on any atom is -0.368 e. The number of benzene rings is 1. The molecule has 1 unspecified atom stereocenters. The van der Waals surface area contributed by atoms with Crippen LogP contribution in [0.25, 0.3) is 0 Å². The molecule has 0 spiro atoms. The smallest absolute Gasteiger partial charge is 0.101 e. The number of hydrogen-bond acceptors (Lipinski definition) is 3. The molecule has 0 N–H and O–H groups in total. The van der Waals surface area contributed by atoms with Crippen LogP contribution in [0.15, 0.2) is 18.2 Å². The van der Waals surface area contributed by atoms with E-state index in [-0.39, 0.29) is 0 Å². The van der Waals surface area contributed by atoms with Gasteiger partial charge in [-0.1, -0.05) is 13.0 Å². The van der Waals surface area contributed by atoms with Gasteiger partial charge in [-0.15, -0.1) is 0 Å². The lowest BCUT2D eigenvalue weighted by molar-refractivity contribution is 0.213. The maximum Gasteiger partial charge on any atom is 0.101 e. The lowest BCUT2D eigenvalue weighted by Gasteiger charge is -2.40. The van der Waals surface area contributed by atoms with Crippen molar-refractivity contribution in [3.8, 4) is 6.07 Å². The number of anilines is 1. The highest BCUT2D eigenvalue weighted by atomic mass is 15.3. The second kappa shape index (κ2) is 5.41. The van der Waals surface area contributed by atoms with Crippen LogP contribution in [0.1, 0.15) is 24.5 Å². The third-order valence-electron chi connectivity index (χ3n) is 3.86. The van der Waals surface area contributed by atoms with E-state index >= 15 is 0 Å². The number of hydrogen-bond donors (Lipinski definition) is 0. The van der Waals surface area contributed by atoms with E-state index in [4.69, 9.17) is 0 Å². The Morgan fingerprint density at radius 1 is 1.39 bits per heavy atom. The number of rotatable bonds is 2. The summed E-state index contributed by atoms with van der Waals surface area (Å²) in [6.07, 6.45) is 1.15. The van der Waals surface area contributed by atoms with E-state index in [0.717, 1.165) is 37.3 Å². The van der Waals surface area contributed by atoms with Crippen molar-refractivity contribution >= 4 is 5.69 Å². The van der Waals surface area contributed by atoms with Crippen LogP contribution < -0.4 is 4.90 Å². The minimum atomic E-state index is 0.589. The zero-order valence-electron chi connectivity index (χ0n) is 11.5. The van der Waals surface area contributed by atoms with Crippen molar-refractivity contribution in [2.75, 3.05) is 31.6 Å². The number of nitrogens with zero attached hydrogens (tertiary/aromatic N) is 3. The molecule has 0 bridgehead atoms. The zero-order valence-corrected chi connectivity index (χ0v) is 11.5. The fraction of sp³-hybridized carbons (Fsp3) is 0.533. The molecule has 1 saturated heterocycles. The van der Waals surface area contributed by atoms with Gasteiger partial charge < -0.3 is 4.90 Å². The van der Waals surface area contributed by atoms with Crippen molar-refractivity contribution in [2.45, 2.75) is 26.3 Å². The van der Waals surface area contributed by atoms with Gasteiger partial charge in [-0.05, 0) is 38.1 Å². The standard InChI is InChI=1S/C15H21N3/c1-4-14-11-18(8-7-17(14)3)15-9-12(2)5-6-13(15)10-16/h5-6,9,14H,4,7-8,11H2,1-3H3. The van der Waals surface area contributed by atoms with Crippen molar-refractivity contribution in [1.29, 1.82) is 5.26 Å². The van der Waals surface area contributed by atoms with E-state index in [1.54, 1.807) is 0 Å². The Morgan fingerprint density at radius 2 is 2.17 bits per heavy atom. The molecule has 0 saturated carbocycles. The highest BCUT2D eigenvalue weighted by molar-refractivity contribution is 5.61. The summed E-state index contributed by atoms with van der Waals surface area (Å²) in [6.45, 7) is 7.40. The van der Waals surface area contributed by atoms with Gasteiger partial charge in [-0.2, -0.15) is 5.26 Å². The van der Waals surface area contributed by atoms with E-state index < -0.39 is 0 Å². The van der Waals surface area contributed by atoms with E-state index in [2.05, 4.69) is 42.8 Å². The molecule has 1 atom stereocenters. The molecule has 1 heterocycles.